The highest BCUT2D eigenvalue weighted by molar-refractivity contribution is 5.96. The van der Waals surface area contributed by atoms with Crippen LogP contribution < -0.4 is 19.7 Å². The number of anilines is 1. The number of piperazine rings is 1. The van der Waals surface area contributed by atoms with Crippen molar-refractivity contribution >= 4 is 11.6 Å². The zero-order valence-corrected chi connectivity index (χ0v) is 16.7. The molecule has 0 radical (unpaired) electrons. The molecule has 1 N–H and O–H groups in total. The molecule has 0 aliphatic carbocycles. The van der Waals surface area contributed by atoms with Crippen LogP contribution in [0.4, 0.5) is 5.69 Å². The Balaban J connectivity index is 1.45. The van der Waals surface area contributed by atoms with Crippen LogP contribution in [0.25, 0.3) is 0 Å². The van der Waals surface area contributed by atoms with Gasteiger partial charge in [0.1, 0.15) is 11.5 Å². The van der Waals surface area contributed by atoms with Crippen LogP contribution in [0, 0.1) is 0 Å². The van der Waals surface area contributed by atoms with Gasteiger partial charge >= 0.3 is 0 Å². The van der Waals surface area contributed by atoms with E-state index in [1.165, 1.54) is 0 Å². The van der Waals surface area contributed by atoms with E-state index in [4.69, 9.17) is 9.47 Å². The standard InChI is InChI=1S/C22H29N3O3/c1-3-28-20-10-6-4-8-18(20)22(26)23-12-13-24-14-16-25(17-15-24)19-9-5-7-11-21(19)27-2/h4-11H,3,12-17H2,1-2H3,(H,23,26). The number of methoxy groups -OCH3 is 1. The number of nitrogens with zero attached hydrogens (tertiary/aromatic N) is 2. The maximum Gasteiger partial charge on any atom is 0.255 e. The van der Waals surface area contributed by atoms with Crippen molar-refractivity contribution in [1.82, 2.24) is 10.2 Å². The maximum atomic E-state index is 12.5. The zero-order valence-electron chi connectivity index (χ0n) is 16.7. The minimum atomic E-state index is -0.0864. The van der Waals surface area contributed by atoms with Crippen LogP contribution in [0.2, 0.25) is 0 Å². The third kappa shape index (κ3) is 4.95. The first-order valence-corrected chi connectivity index (χ1v) is 9.83. The first-order chi connectivity index (χ1) is 13.7. The summed E-state index contributed by atoms with van der Waals surface area (Å²) in [4.78, 5) is 17.2. The number of carbonyl (C=O) groups is 1. The number of rotatable bonds is 8. The van der Waals surface area contributed by atoms with E-state index in [0.717, 1.165) is 44.2 Å². The molecular formula is C22H29N3O3. The molecule has 1 saturated heterocycles. The molecule has 6 nitrogen and oxygen atoms in total. The average molecular weight is 383 g/mol. The molecule has 6 heteroatoms. The second-order valence-corrected chi connectivity index (χ2v) is 6.69. The minimum absolute atomic E-state index is 0.0864. The average Bonchev–Trinajstić information content (AvgIpc) is 2.75. The second-order valence-electron chi connectivity index (χ2n) is 6.69. The summed E-state index contributed by atoms with van der Waals surface area (Å²) in [6.07, 6.45) is 0. The largest absolute Gasteiger partial charge is 0.495 e. The van der Waals surface area contributed by atoms with Crippen LogP contribution in [0.1, 0.15) is 17.3 Å². The third-order valence-electron chi connectivity index (χ3n) is 4.94. The summed E-state index contributed by atoms with van der Waals surface area (Å²) in [5.74, 6) is 1.46. The SMILES string of the molecule is CCOc1ccccc1C(=O)NCCN1CCN(c2ccccc2OC)CC1. The van der Waals surface area contributed by atoms with E-state index in [0.29, 0.717) is 24.5 Å². The molecule has 1 amide bonds. The number of hydrogen-bond acceptors (Lipinski definition) is 5. The van der Waals surface area contributed by atoms with E-state index in [1.807, 2.05) is 43.3 Å². The van der Waals surface area contributed by atoms with Gasteiger partial charge in [0.05, 0.1) is 25.0 Å². The molecule has 1 aliphatic heterocycles. The molecule has 1 aliphatic rings. The predicted molar refractivity (Wildman–Crippen MR) is 112 cm³/mol. The molecule has 0 spiro atoms. The van der Waals surface area contributed by atoms with Crippen molar-refractivity contribution in [2.24, 2.45) is 0 Å². The van der Waals surface area contributed by atoms with Gasteiger partial charge in [0.15, 0.2) is 0 Å². The quantitative estimate of drug-likeness (QED) is 0.760. The van der Waals surface area contributed by atoms with E-state index in [-0.39, 0.29) is 5.91 Å². The maximum absolute atomic E-state index is 12.5. The molecule has 150 valence electrons. The molecular weight excluding hydrogens is 354 g/mol. The highest BCUT2D eigenvalue weighted by atomic mass is 16.5. The van der Waals surface area contributed by atoms with Crippen LogP contribution in [-0.2, 0) is 0 Å². The van der Waals surface area contributed by atoms with Gasteiger partial charge in [-0.05, 0) is 31.2 Å². The number of carbonyl (C=O) groups excluding carboxylic acids is 1. The molecule has 1 fully saturated rings. The first-order valence-electron chi connectivity index (χ1n) is 9.83. The van der Waals surface area contributed by atoms with E-state index >= 15 is 0 Å². The highest BCUT2D eigenvalue weighted by Gasteiger charge is 2.19. The van der Waals surface area contributed by atoms with Crippen molar-refractivity contribution in [3.8, 4) is 11.5 Å². The summed E-state index contributed by atoms with van der Waals surface area (Å²) >= 11 is 0. The van der Waals surface area contributed by atoms with Gasteiger partial charge in [-0.2, -0.15) is 0 Å². The van der Waals surface area contributed by atoms with Gasteiger partial charge < -0.3 is 19.7 Å². The van der Waals surface area contributed by atoms with Gasteiger partial charge in [0.2, 0.25) is 0 Å². The molecule has 0 unspecified atom stereocenters. The molecule has 0 atom stereocenters. The fourth-order valence-electron chi connectivity index (χ4n) is 3.46. The number of hydrogen-bond donors (Lipinski definition) is 1. The van der Waals surface area contributed by atoms with E-state index in [2.05, 4.69) is 21.2 Å². The minimum Gasteiger partial charge on any atom is -0.495 e. The van der Waals surface area contributed by atoms with E-state index in [1.54, 1.807) is 13.2 Å². The lowest BCUT2D eigenvalue weighted by atomic mass is 10.2. The number of para-hydroxylation sites is 3. The summed E-state index contributed by atoms with van der Waals surface area (Å²) in [6.45, 7) is 7.73. The molecule has 0 aromatic heterocycles. The number of nitrogens with one attached hydrogen (secondary N) is 1. The van der Waals surface area contributed by atoms with Crippen molar-refractivity contribution in [1.29, 1.82) is 0 Å². The molecule has 1 heterocycles. The predicted octanol–water partition coefficient (Wildman–Crippen LogP) is 2.65. The second kappa shape index (κ2) is 9.99. The van der Waals surface area contributed by atoms with Crippen molar-refractivity contribution in [3.63, 3.8) is 0 Å². The Morgan fingerprint density at radius 3 is 2.39 bits per heavy atom. The Morgan fingerprint density at radius 2 is 1.68 bits per heavy atom. The zero-order chi connectivity index (χ0) is 19.8. The molecule has 2 aromatic carbocycles. The fourth-order valence-corrected chi connectivity index (χ4v) is 3.46. The Hall–Kier alpha value is -2.73. The molecule has 28 heavy (non-hydrogen) atoms. The van der Waals surface area contributed by atoms with Crippen LogP contribution in [0.5, 0.6) is 11.5 Å². The summed E-state index contributed by atoms with van der Waals surface area (Å²) in [7, 11) is 1.71. The van der Waals surface area contributed by atoms with Crippen LogP contribution in [0.15, 0.2) is 48.5 Å². The van der Waals surface area contributed by atoms with E-state index < -0.39 is 0 Å². The van der Waals surface area contributed by atoms with E-state index in [9.17, 15) is 4.79 Å². The normalized spacial score (nSPS) is 14.6. The molecule has 2 aromatic rings. The summed E-state index contributed by atoms with van der Waals surface area (Å²) < 4.78 is 11.0. The fraction of sp³-hybridized carbons (Fsp3) is 0.409. The van der Waals surface area contributed by atoms with Crippen molar-refractivity contribution in [2.75, 3.05) is 57.9 Å². The highest BCUT2D eigenvalue weighted by Crippen LogP contribution is 2.28. The van der Waals surface area contributed by atoms with Crippen molar-refractivity contribution in [3.05, 3.63) is 54.1 Å². The summed E-state index contributed by atoms with van der Waals surface area (Å²) in [5, 5.41) is 3.01. The molecule has 0 saturated carbocycles. The number of amides is 1. The van der Waals surface area contributed by atoms with Gasteiger partial charge in [0, 0.05) is 39.3 Å². The molecule has 0 bridgehead atoms. The van der Waals surface area contributed by atoms with Crippen LogP contribution >= 0.6 is 0 Å². The topological polar surface area (TPSA) is 54.0 Å². The van der Waals surface area contributed by atoms with Gasteiger partial charge in [0.25, 0.3) is 5.91 Å². The summed E-state index contributed by atoms with van der Waals surface area (Å²) in [6, 6.07) is 15.5. The Morgan fingerprint density at radius 1 is 1.00 bits per heavy atom. The lowest BCUT2D eigenvalue weighted by Gasteiger charge is -2.36. The molecule has 3 rings (SSSR count). The lowest BCUT2D eigenvalue weighted by molar-refractivity contribution is 0.0944. The number of benzene rings is 2. The third-order valence-corrected chi connectivity index (χ3v) is 4.94. The van der Waals surface area contributed by atoms with Gasteiger partial charge in [-0.1, -0.05) is 24.3 Å². The Labute approximate surface area is 167 Å². The van der Waals surface area contributed by atoms with Crippen molar-refractivity contribution in [2.45, 2.75) is 6.92 Å². The monoisotopic (exact) mass is 383 g/mol. The van der Waals surface area contributed by atoms with Gasteiger partial charge in [-0.15, -0.1) is 0 Å². The summed E-state index contributed by atoms with van der Waals surface area (Å²) in [5.41, 5.74) is 1.73. The first kappa shape index (κ1) is 20.0. The van der Waals surface area contributed by atoms with Crippen LogP contribution in [0.3, 0.4) is 0 Å². The Bertz CT molecular complexity index is 773. The van der Waals surface area contributed by atoms with Gasteiger partial charge in [-0.3, -0.25) is 9.69 Å². The smallest absolute Gasteiger partial charge is 0.255 e. The van der Waals surface area contributed by atoms with Crippen molar-refractivity contribution < 1.29 is 14.3 Å². The lowest BCUT2D eigenvalue weighted by Crippen LogP contribution is -2.48. The number of ether oxygens (including phenoxy) is 2. The van der Waals surface area contributed by atoms with Crippen LogP contribution in [-0.4, -0.2) is 63.8 Å². The Kier molecular flexibility index (Phi) is 7.14. The van der Waals surface area contributed by atoms with Gasteiger partial charge in [-0.25, -0.2) is 0 Å².